The van der Waals surface area contributed by atoms with Crippen LogP contribution in [0.15, 0.2) is 41.5 Å². The van der Waals surface area contributed by atoms with Crippen LogP contribution < -0.4 is 15.0 Å². The molecule has 0 amide bonds. The van der Waals surface area contributed by atoms with Crippen molar-refractivity contribution in [2.24, 2.45) is 30.7 Å². The number of ether oxygens (including phenoxy) is 1. The first kappa shape index (κ1) is 22.7. The molecule has 0 saturated heterocycles. The number of anilines is 1. The molecule has 7 rings (SSSR count). The number of benzene rings is 1. The third-order valence-electron chi connectivity index (χ3n) is 8.29. The minimum atomic E-state index is -3.46. The molecule has 0 spiro atoms. The standard InChI is InChI=1S/C26H31N3O5S/c1-29-13-21(19-5-6-27-24(19)26(29)31)20-12-18(28-35(2,32)33)3-4-22(20)34-23-9-14-7-16-10-15(23)11-17(8-14)25(16)30/h3-6,12-17,23,25,27-28,30H,7-11H2,1-2H3/t14?,15?,16?,17?,23-,25?/m1/s1. The van der Waals surface area contributed by atoms with Gasteiger partial charge in [-0.25, -0.2) is 8.42 Å². The number of aryl methyl sites for hydroxylation is 1. The van der Waals surface area contributed by atoms with Gasteiger partial charge in [0.2, 0.25) is 10.0 Å². The van der Waals surface area contributed by atoms with Crippen LogP contribution in [0.2, 0.25) is 0 Å². The smallest absolute Gasteiger partial charge is 0.274 e. The number of H-pyrrole nitrogens is 1. The van der Waals surface area contributed by atoms with Crippen LogP contribution in [-0.2, 0) is 17.1 Å². The van der Waals surface area contributed by atoms with Crippen LogP contribution in [0.25, 0.3) is 22.0 Å². The van der Waals surface area contributed by atoms with Gasteiger partial charge in [0.05, 0.1) is 12.4 Å². The monoisotopic (exact) mass is 497 g/mol. The molecule has 4 fully saturated rings. The number of hydrogen-bond acceptors (Lipinski definition) is 5. The fourth-order valence-electron chi connectivity index (χ4n) is 6.89. The van der Waals surface area contributed by atoms with Gasteiger partial charge in [-0.1, -0.05) is 0 Å². The summed E-state index contributed by atoms with van der Waals surface area (Å²) in [6.45, 7) is 0. The lowest BCUT2D eigenvalue weighted by Gasteiger charge is -2.43. The summed E-state index contributed by atoms with van der Waals surface area (Å²) < 4.78 is 34.7. The number of pyridine rings is 1. The molecular formula is C26H31N3O5S. The molecule has 1 aromatic carbocycles. The molecule has 3 aromatic rings. The van der Waals surface area contributed by atoms with Crippen molar-refractivity contribution in [3.63, 3.8) is 0 Å². The van der Waals surface area contributed by atoms with Gasteiger partial charge in [-0.3, -0.25) is 9.52 Å². The van der Waals surface area contributed by atoms with Crippen LogP contribution >= 0.6 is 0 Å². The minimum absolute atomic E-state index is 0.0456. The van der Waals surface area contributed by atoms with Gasteiger partial charge in [0.25, 0.3) is 5.56 Å². The second-order valence-electron chi connectivity index (χ2n) is 10.8. The predicted octanol–water partition coefficient (Wildman–Crippen LogP) is 3.47. The average Bonchev–Trinajstić information content (AvgIpc) is 3.16. The van der Waals surface area contributed by atoms with Gasteiger partial charge in [-0.2, -0.15) is 0 Å². The summed E-state index contributed by atoms with van der Waals surface area (Å²) in [5.74, 6) is 2.38. The molecule has 8 nitrogen and oxygen atoms in total. The lowest BCUT2D eigenvalue weighted by Crippen LogP contribution is -2.42. The van der Waals surface area contributed by atoms with E-state index in [4.69, 9.17) is 4.74 Å². The first-order valence-corrected chi connectivity index (χ1v) is 14.2. The third kappa shape index (κ3) is 4.04. The van der Waals surface area contributed by atoms with Crippen LogP contribution in [0, 0.1) is 23.7 Å². The lowest BCUT2D eigenvalue weighted by molar-refractivity contribution is -0.0434. The summed E-state index contributed by atoms with van der Waals surface area (Å²) in [4.78, 5) is 15.7. The van der Waals surface area contributed by atoms with Crippen molar-refractivity contribution >= 4 is 26.6 Å². The molecule has 4 bridgehead atoms. The summed E-state index contributed by atoms with van der Waals surface area (Å²) in [7, 11) is -1.76. The van der Waals surface area contributed by atoms with Crippen molar-refractivity contribution in [3.05, 3.63) is 47.0 Å². The fraction of sp³-hybridized carbons (Fsp3) is 0.500. The highest BCUT2D eigenvalue weighted by molar-refractivity contribution is 7.92. The van der Waals surface area contributed by atoms with Gasteiger partial charge >= 0.3 is 0 Å². The van der Waals surface area contributed by atoms with Gasteiger partial charge in [-0.15, -0.1) is 0 Å². The highest BCUT2D eigenvalue weighted by Gasteiger charge is 2.49. The normalized spacial score (nSPS) is 29.9. The molecule has 0 radical (unpaired) electrons. The minimum Gasteiger partial charge on any atom is -0.489 e. The van der Waals surface area contributed by atoms with Crippen LogP contribution in [0.3, 0.4) is 0 Å². The van der Waals surface area contributed by atoms with Crippen LogP contribution in [-0.4, -0.2) is 41.5 Å². The number of aliphatic hydroxyl groups excluding tert-OH is 1. The number of fused-ring (bicyclic) bond motifs is 2. The number of sulfonamides is 1. The summed E-state index contributed by atoms with van der Waals surface area (Å²) in [5, 5.41) is 11.4. The molecule has 0 aliphatic heterocycles. The zero-order chi connectivity index (χ0) is 24.5. The van der Waals surface area contributed by atoms with Gasteiger partial charge < -0.3 is 19.4 Å². The van der Waals surface area contributed by atoms with E-state index in [9.17, 15) is 18.3 Å². The van der Waals surface area contributed by atoms with E-state index in [1.807, 2.05) is 12.1 Å². The molecule has 4 saturated carbocycles. The van der Waals surface area contributed by atoms with Crippen LogP contribution in [0.4, 0.5) is 5.69 Å². The maximum absolute atomic E-state index is 12.6. The van der Waals surface area contributed by atoms with E-state index in [0.29, 0.717) is 40.6 Å². The Balaban J connectivity index is 1.44. The summed E-state index contributed by atoms with van der Waals surface area (Å²) >= 11 is 0. The maximum Gasteiger partial charge on any atom is 0.274 e. The Morgan fingerprint density at radius 3 is 2.51 bits per heavy atom. The van der Waals surface area contributed by atoms with E-state index < -0.39 is 10.0 Å². The van der Waals surface area contributed by atoms with Crippen molar-refractivity contribution in [1.29, 1.82) is 0 Å². The van der Waals surface area contributed by atoms with Crippen molar-refractivity contribution in [3.8, 4) is 16.9 Å². The first-order chi connectivity index (χ1) is 16.7. The quantitative estimate of drug-likeness (QED) is 0.500. The number of nitrogens with one attached hydrogen (secondary N) is 2. The molecule has 186 valence electrons. The Labute approximate surface area is 204 Å². The van der Waals surface area contributed by atoms with Gasteiger partial charge in [0.1, 0.15) is 17.4 Å². The van der Waals surface area contributed by atoms with E-state index >= 15 is 0 Å². The van der Waals surface area contributed by atoms with E-state index in [1.165, 1.54) is 4.57 Å². The predicted molar refractivity (Wildman–Crippen MR) is 135 cm³/mol. The molecule has 4 aliphatic rings. The molecule has 3 atom stereocenters. The van der Waals surface area contributed by atoms with E-state index in [1.54, 1.807) is 31.6 Å². The van der Waals surface area contributed by atoms with Gasteiger partial charge in [0.15, 0.2) is 0 Å². The Morgan fingerprint density at radius 1 is 1.06 bits per heavy atom. The summed E-state index contributed by atoms with van der Waals surface area (Å²) in [5.41, 5.74) is 2.35. The number of rotatable bonds is 5. The Hall–Kier alpha value is -2.78. The highest BCUT2D eigenvalue weighted by atomic mass is 32.2. The zero-order valence-corrected chi connectivity index (χ0v) is 20.7. The molecule has 2 aromatic heterocycles. The van der Waals surface area contributed by atoms with Crippen molar-refractivity contribution in [1.82, 2.24) is 9.55 Å². The Kier molecular flexibility index (Phi) is 5.27. The molecular weight excluding hydrogens is 466 g/mol. The second-order valence-corrected chi connectivity index (χ2v) is 12.5. The molecule has 9 heteroatoms. The number of aromatic nitrogens is 2. The SMILES string of the molecule is Cn1cc(-c2cc(NS(C)(=O)=O)ccc2O[C@@H]2CC3CC4CC2CC(C3)C4O)c2cc[nH]c2c1=O. The number of aromatic amines is 1. The number of nitrogens with zero attached hydrogens (tertiary/aromatic N) is 1. The lowest BCUT2D eigenvalue weighted by atomic mass is 9.66. The second kappa shape index (κ2) is 8.13. The van der Waals surface area contributed by atoms with Crippen molar-refractivity contribution in [2.45, 2.75) is 44.3 Å². The molecule has 4 aliphatic carbocycles. The molecule has 35 heavy (non-hydrogen) atoms. The van der Waals surface area contributed by atoms with E-state index in [-0.39, 0.29) is 17.8 Å². The van der Waals surface area contributed by atoms with E-state index in [2.05, 4.69) is 9.71 Å². The number of hydrogen-bond donors (Lipinski definition) is 3. The van der Waals surface area contributed by atoms with Crippen LogP contribution in [0.1, 0.15) is 32.1 Å². The summed E-state index contributed by atoms with van der Waals surface area (Å²) in [6.07, 6.45) is 9.61. The largest absolute Gasteiger partial charge is 0.489 e. The molecule has 2 heterocycles. The van der Waals surface area contributed by atoms with E-state index in [0.717, 1.165) is 54.9 Å². The van der Waals surface area contributed by atoms with Crippen molar-refractivity contribution < 1.29 is 18.3 Å². The van der Waals surface area contributed by atoms with Gasteiger partial charge in [-0.05, 0) is 80.0 Å². The molecule has 3 N–H and O–H groups in total. The zero-order valence-electron chi connectivity index (χ0n) is 19.9. The number of aliphatic hydroxyl groups is 1. The maximum atomic E-state index is 12.6. The third-order valence-corrected chi connectivity index (χ3v) is 8.89. The first-order valence-electron chi connectivity index (χ1n) is 12.3. The fourth-order valence-corrected chi connectivity index (χ4v) is 7.45. The van der Waals surface area contributed by atoms with Crippen LogP contribution in [0.5, 0.6) is 5.75 Å². The topological polar surface area (TPSA) is 113 Å². The highest BCUT2D eigenvalue weighted by Crippen LogP contribution is 2.52. The Morgan fingerprint density at radius 2 is 1.80 bits per heavy atom. The van der Waals surface area contributed by atoms with Gasteiger partial charge in [0, 0.05) is 41.6 Å². The Bertz CT molecular complexity index is 1440. The average molecular weight is 498 g/mol. The summed E-state index contributed by atoms with van der Waals surface area (Å²) in [6, 6.07) is 7.20. The van der Waals surface area contributed by atoms with Crippen molar-refractivity contribution in [2.75, 3.05) is 11.0 Å². The molecule has 2 unspecified atom stereocenters.